The first-order valence-corrected chi connectivity index (χ1v) is 2.80. The third-order valence-electron chi connectivity index (χ3n) is 1.23. The van der Waals surface area contributed by atoms with E-state index in [-0.39, 0.29) is 0 Å². The van der Waals surface area contributed by atoms with Gasteiger partial charge in [-0.05, 0) is 6.08 Å². The van der Waals surface area contributed by atoms with Gasteiger partial charge in [0.05, 0.1) is 0 Å². The molecule has 1 unspecified atom stereocenters. The minimum Gasteiger partial charge on any atom is -0.294 e. The molecule has 0 fully saturated rings. The van der Waals surface area contributed by atoms with Crippen LogP contribution in [0.1, 0.15) is 0 Å². The van der Waals surface area contributed by atoms with Crippen molar-refractivity contribution in [3.05, 3.63) is 24.3 Å². The topological polar surface area (TPSA) is 34.1 Å². The summed E-state index contributed by atoms with van der Waals surface area (Å²) in [6.07, 6.45) is 5.37. The van der Waals surface area contributed by atoms with Crippen LogP contribution in [-0.4, -0.2) is 11.8 Å². The zero-order valence-electron chi connectivity index (χ0n) is 5.08. The SMILES string of the molecule is O=C(F)C1C=CC=CC1=O. The highest BCUT2D eigenvalue weighted by atomic mass is 19.1. The van der Waals surface area contributed by atoms with Crippen molar-refractivity contribution in [1.82, 2.24) is 0 Å². The second-order valence-electron chi connectivity index (χ2n) is 1.93. The number of allylic oxidation sites excluding steroid dienone is 4. The highest BCUT2D eigenvalue weighted by molar-refractivity contribution is 6.07. The predicted octanol–water partition coefficient (Wildman–Crippen LogP) is 0.794. The van der Waals surface area contributed by atoms with Gasteiger partial charge >= 0.3 is 6.04 Å². The maximum absolute atomic E-state index is 11.9. The second kappa shape index (κ2) is 2.56. The number of carbonyl (C=O) groups is 2. The normalized spacial score (nSPS) is 23.3. The van der Waals surface area contributed by atoms with Gasteiger partial charge in [0.2, 0.25) is 0 Å². The van der Waals surface area contributed by atoms with Gasteiger partial charge in [-0.2, -0.15) is 4.39 Å². The summed E-state index contributed by atoms with van der Waals surface area (Å²) in [5, 5.41) is 0. The quantitative estimate of drug-likeness (QED) is 0.398. The van der Waals surface area contributed by atoms with Crippen LogP contribution in [0.25, 0.3) is 0 Å². The lowest BCUT2D eigenvalue weighted by Gasteiger charge is -2.02. The Morgan fingerprint density at radius 2 is 2.20 bits per heavy atom. The Hall–Kier alpha value is -1.25. The van der Waals surface area contributed by atoms with Gasteiger partial charge in [0.25, 0.3) is 0 Å². The molecule has 0 aromatic rings. The van der Waals surface area contributed by atoms with E-state index in [0.717, 1.165) is 0 Å². The lowest BCUT2D eigenvalue weighted by molar-refractivity contribution is -0.136. The number of ketones is 1. The van der Waals surface area contributed by atoms with E-state index in [4.69, 9.17) is 0 Å². The number of hydrogen-bond donors (Lipinski definition) is 0. The Kier molecular flexibility index (Phi) is 1.76. The first-order valence-electron chi connectivity index (χ1n) is 2.80. The summed E-state index contributed by atoms with van der Waals surface area (Å²) in [4.78, 5) is 20.7. The molecular formula is C7H5FO2. The van der Waals surface area contributed by atoms with Crippen LogP contribution in [0.15, 0.2) is 24.3 Å². The van der Waals surface area contributed by atoms with Crippen LogP contribution in [0.2, 0.25) is 0 Å². The Balaban J connectivity index is 2.80. The predicted molar refractivity (Wildman–Crippen MR) is 32.9 cm³/mol. The summed E-state index contributed by atoms with van der Waals surface area (Å²) in [5.41, 5.74) is 0. The number of hydrogen-bond acceptors (Lipinski definition) is 2. The summed E-state index contributed by atoms with van der Waals surface area (Å²) >= 11 is 0. The van der Waals surface area contributed by atoms with Crippen molar-refractivity contribution in [3.8, 4) is 0 Å². The minimum atomic E-state index is -1.59. The maximum atomic E-state index is 11.9. The van der Waals surface area contributed by atoms with Crippen molar-refractivity contribution in [2.45, 2.75) is 0 Å². The number of halogens is 1. The molecule has 10 heavy (non-hydrogen) atoms. The monoisotopic (exact) mass is 140 g/mol. The number of rotatable bonds is 1. The Bertz CT molecular complexity index is 228. The van der Waals surface area contributed by atoms with Crippen molar-refractivity contribution in [3.63, 3.8) is 0 Å². The second-order valence-corrected chi connectivity index (χ2v) is 1.93. The van der Waals surface area contributed by atoms with Gasteiger partial charge in [0.15, 0.2) is 5.78 Å². The third-order valence-corrected chi connectivity index (χ3v) is 1.23. The van der Waals surface area contributed by atoms with E-state index in [2.05, 4.69) is 0 Å². The van der Waals surface area contributed by atoms with E-state index in [9.17, 15) is 14.0 Å². The van der Waals surface area contributed by atoms with Crippen molar-refractivity contribution < 1.29 is 14.0 Å². The van der Waals surface area contributed by atoms with E-state index in [1.165, 1.54) is 24.3 Å². The van der Waals surface area contributed by atoms with Gasteiger partial charge in [0.1, 0.15) is 5.92 Å². The Morgan fingerprint density at radius 3 is 2.60 bits per heavy atom. The van der Waals surface area contributed by atoms with Gasteiger partial charge in [0, 0.05) is 0 Å². The fraction of sp³-hybridized carbons (Fsp3) is 0.143. The Labute approximate surface area is 57.0 Å². The molecule has 0 bridgehead atoms. The first kappa shape index (κ1) is 6.86. The molecule has 0 spiro atoms. The molecule has 52 valence electrons. The standard InChI is InChI=1S/C7H5FO2/c8-7(10)5-3-1-2-4-6(5)9/h1-5H. The molecule has 0 amide bonds. The maximum Gasteiger partial charge on any atom is 0.316 e. The Morgan fingerprint density at radius 1 is 1.50 bits per heavy atom. The van der Waals surface area contributed by atoms with Crippen LogP contribution in [0, 0.1) is 5.92 Å². The fourth-order valence-corrected chi connectivity index (χ4v) is 0.712. The van der Waals surface area contributed by atoms with E-state index >= 15 is 0 Å². The van der Waals surface area contributed by atoms with Gasteiger partial charge in [-0.3, -0.25) is 9.59 Å². The van der Waals surface area contributed by atoms with Crippen LogP contribution < -0.4 is 0 Å². The summed E-state index contributed by atoms with van der Waals surface area (Å²) in [6, 6.07) is -1.59. The average molecular weight is 140 g/mol. The molecule has 0 radical (unpaired) electrons. The van der Waals surface area contributed by atoms with Crippen molar-refractivity contribution in [1.29, 1.82) is 0 Å². The van der Waals surface area contributed by atoms with Crippen molar-refractivity contribution in [2.24, 2.45) is 5.92 Å². The zero-order chi connectivity index (χ0) is 7.56. The molecule has 1 atom stereocenters. The molecule has 0 aliphatic heterocycles. The lowest BCUT2D eigenvalue weighted by atomic mass is 10.0. The van der Waals surface area contributed by atoms with Gasteiger partial charge in [-0.15, -0.1) is 0 Å². The highest BCUT2D eigenvalue weighted by Gasteiger charge is 2.22. The lowest BCUT2D eigenvalue weighted by Crippen LogP contribution is -2.18. The number of carbonyl (C=O) groups excluding carboxylic acids is 2. The van der Waals surface area contributed by atoms with E-state index in [0.29, 0.717) is 0 Å². The van der Waals surface area contributed by atoms with Crippen LogP contribution in [0.3, 0.4) is 0 Å². The van der Waals surface area contributed by atoms with Crippen LogP contribution in [0.5, 0.6) is 0 Å². The van der Waals surface area contributed by atoms with Crippen LogP contribution in [-0.2, 0) is 9.59 Å². The van der Waals surface area contributed by atoms with E-state index < -0.39 is 17.7 Å². The largest absolute Gasteiger partial charge is 0.316 e. The summed E-state index contributed by atoms with van der Waals surface area (Å²) in [6.45, 7) is 0. The highest BCUT2D eigenvalue weighted by Crippen LogP contribution is 2.08. The fourth-order valence-electron chi connectivity index (χ4n) is 0.712. The van der Waals surface area contributed by atoms with Gasteiger partial charge in [-0.1, -0.05) is 18.2 Å². The van der Waals surface area contributed by atoms with E-state index in [1.807, 2.05) is 0 Å². The summed E-state index contributed by atoms with van der Waals surface area (Å²) < 4.78 is 11.9. The van der Waals surface area contributed by atoms with Gasteiger partial charge < -0.3 is 0 Å². The molecule has 1 aliphatic rings. The molecule has 3 heteroatoms. The first-order chi connectivity index (χ1) is 4.72. The third kappa shape index (κ3) is 1.18. The molecule has 0 saturated carbocycles. The van der Waals surface area contributed by atoms with Crippen molar-refractivity contribution >= 4 is 11.8 Å². The minimum absolute atomic E-state index is 0.491. The summed E-state index contributed by atoms with van der Waals surface area (Å²) in [5.74, 6) is -1.68. The average Bonchev–Trinajstić information content (AvgIpc) is 1.88. The smallest absolute Gasteiger partial charge is 0.294 e. The van der Waals surface area contributed by atoms with Gasteiger partial charge in [-0.25, -0.2) is 0 Å². The summed E-state index contributed by atoms with van der Waals surface area (Å²) in [7, 11) is 0. The molecule has 0 aromatic heterocycles. The molecule has 1 aliphatic carbocycles. The molecule has 0 aromatic carbocycles. The molecule has 0 N–H and O–H groups in total. The molecular weight excluding hydrogens is 135 g/mol. The van der Waals surface area contributed by atoms with Crippen LogP contribution >= 0.6 is 0 Å². The molecule has 0 heterocycles. The molecule has 1 rings (SSSR count). The molecule has 0 saturated heterocycles. The van der Waals surface area contributed by atoms with E-state index in [1.54, 1.807) is 0 Å². The molecule has 2 nitrogen and oxygen atoms in total. The van der Waals surface area contributed by atoms with Crippen LogP contribution in [0.4, 0.5) is 4.39 Å². The van der Waals surface area contributed by atoms with Crippen molar-refractivity contribution in [2.75, 3.05) is 0 Å². The zero-order valence-corrected chi connectivity index (χ0v) is 5.08.